The maximum atomic E-state index is 6.17. The predicted octanol–water partition coefficient (Wildman–Crippen LogP) is 1.13. The summed E-state index contributed by atoms with van der Waals surface area (Å²) in [7, 11) is 0. The van der Waals surface area contributed by atoms with Gasteiger partial charge in [-0.15, -0.1) is 10.2 Å². The molecule has 3 N–H and O–H groups in total. The summed E-state index contributed by atoms with van der Waals surface area (Å²) < 4.78 is 2.07. The number of H-pyrrole nitrogens is 1. The molecule has 1 atom stereocenters. The Bertz CT molecular complexity index is 470. The third-order valence-electron chi connectivity index (χ3n) is 2.74. The molecule has 2 rings (SSSR count). The lowest BCUT2D eigenvalue weighted by molar-refractivity contribution is 0.517. The van der Waals surface area contributed by atoms with Crippen LogP contribution in [0.1, 0.15) is 43.3 Å². The van der Waals surface area contributed by atoms with Gasteiger partial charge in [0.1, 0.15) is 5.82 Å². The van der Waals surface area contributed by atoms with Crippen LogP contribution in [0.15, 0.2) is 12.5 Å². The molecule has 0 aliphatic heterocycles. The molecule has 17 heavy (non-hydrogen) atoms. The summed E-state index contributed by atoms with van der Waals surface area (Å²) in [5.74, 6) is 1.72. The second-order valence-corrected chi connectivity index (χ2v) is 4.46. The standard InChI is InChI=1S/C11H18N6/c1-7(2)17-8(3)15-16-11(17)10(12)4-9-5-13-6-14-9/h5-7,10H,4,12H2,1-3H3,(H,13,14)/t10-/m1/s1. The lowest BCUT2D eigenvalue weighted by atomic mass is 10.1. The van der Waals surface area contributed by atoms with Gasteiger partial charge in [0.2, 0.25) is 0 Å². The van der Waals surface area contributed by atoms with Crippen LogP contribution in [0.5, 0.6) is 0 Å². The number of hydrogen-bond donors (Lipinski definition) is 2. The monoisotopic (exact) mass is 234 g/mol. The highest BCUT2D eigenvalue weighted by Gasteiger charge is 2.18. The molecular weight excluding hydrogens is 216 g/mol. The van der Waals surface area contributed by atoms with E-state index in [9.17, 15) is 0 Å². The number of nitrogens with one attached hydrogen (secondary N) is 1. The van der Waals surface area contributed by atoms with E-state index in [0.29, 0.717) is 12.5 Å². The zero-order chi connectivity index (χ0) is 12.4. The zero-order valence-corrected chi connectivity index (χ0v) is 10.4. The predicted molar refractivity (Wildman–Crippen MR) is 64.4 cm³/mol. The summed E-state index contributed by atoms with van der Waals surface area (Å²) in [6.07, 6.45) is 4.12. The van der Waals surface area contributed by atoms with E-state index in [1.807, 2.05) is 6.92 Å². The minimum Gasteiger partial charge on any atom is -0.348 e. The Morgan fingerprint density at radius 3 is 2.76 bits per heavy atom. The molecule has 0 aliphatic carbocycles. The lowest BCUT2D eigenvalue weighted by Crippen LogP contribution is -2.20. The Hall–Kier alpha value is -1.69. The van der Waals surface area contributed by atoms with Crippen LogP contribution < -0.4 is 5.73 Å². The Morgan fingerprint density at radius 1 is 1.41 bits per heavy atom. The van der Waals surface area contributed by atoms with E-state index < -0.39 is 0 Å². The minimum atomic E-state index is -0.168. The molecular formula is C11H18N6. The van der Waals surface area contributed by atoms with E-state index in [2.05, 4.69) is 38.6 Å². The number of hydrogen-bond acceptors (Lipinski definition) is 4. The van der Waals surface area contributed by atoms with Gasteiger partial charge in [0.15, 0.2) is 5.82 Å². The fraction of sp³-hybridized carbons (Fsp3) is 0.545. The van der Waals surface area contributed by atoms with Gasteiger partial charge in [-0.2, -0.15) is 0 Å². The molecule has 0 saturated carbocycles. The van der Waals surface area contributed by atoms with Crippen molar-refractivity contribution in [2.45, 2.75) is 39.3 Å². The van der Waals surface area contributed by atoms with Gasteiger partial charge < -0.3 is 15.3 Å². The lowest BCUT2D eigenvalue weighted by Gasteiger charge is -2.16. The van der Waals surface area contributed by atoms with Crippen LogP contribution in [0.25, 0.3) is 0 Å². The summed E-state index contributed by atoms with van der Waals surface area (Å²) in [6.45, 7) is 6.14. The first-order chi connectivity index (χ1) is 8.09. The number of rotatable bonds is 4. The van der Waals surface area contributed by atoms with Gasteiger partial charge >= 0.3 is 0 Å². The van der Waals surface area contributed by atoms with E-state index in [1.54, 1.807) is 12.5 Å². The van der Waals surface area contributed by atoms with E-state index >= 15 is 0 Å². The highest BCUT2D eigenvalue weighted by atomic mass is 15.3. The number of nitrogens with zero attached hydrogens (tertiary/aromatic N) is 4. The molecule has 2 aromatic heterocycles. The maximum absolute atomic E-state index is 6.17. The first-order valence-electron chi connectivity index (χ1n) is 5.73. The Kier molecular flexibility index (Phi) is 3.23. The van der Waals surface area contributed by atoms with E-state index in [0.717, 1.165) is 17.3 Å². The summed E-state index contributed by atoms with van der Waals surface area (Å²) in [4.78, 5) is 7.02. The highest BCUT2D eigenvalue weighted by Crippen LogP contribution is 2.18. The van der Waals surface area contributed by atoms with Crippen molar-refractivity contribution in [2.24, 2.45) is 5.73 Å². The molecule has 0 amide bonds. The normalized spacial score (nSPS) is 13.2. The Labute approximate surface area is 100 Å². The molecule has 0 unspecified atom stereocenters. The summed E-state index contributed by atoms with van der Waals surface area (Å²) in [6, 6.07) is 0.145. The first-order valence-corrected chi connectivity index (χ1v) is 5.73. The van der Waals surface area contributed by atoms with Gasteiger partial charge in [-0.3, -0.25) is 0 Å². The van der Waals surface area contributed by atoms with Gasteiger partial charge in [0.05, 0.1) is 12.4 Å². The van der Waals surface area contributed by atoms with E-state index in [4.69, 9.17) is 5.73 Å². The van der Waals surface area contributed by atoms with Gasteiger partial charge in [-0.05, 0) is 20.8 Å². The molecule has 0 aromatic carbocycles. The number of imidazole rings is 1. The Balaban J connectivity index is 2.22. The molecule has 0 bridgehead atoms. The second-order valence-electron chi connectivity index (χ2n) is 4.46. The molecule has 0 saturated heterocycles. The molecule has 0 aliphatic rings. The van der Waals surface area contributed by atoms with Gasteiger partial charge in [-0.1, -0.05) is 0 Å². The molecule has 92 valence electrons. The molecule has 6 heteroatoms. The smallest absolute Gasteiger partial charge is 0.150 e. The van der Waals surface area contributed by atoms with Crippen LogP contribution >= 0.6 is 0 Å². The average Bonchev–Trinajstić information content (AvgIpc) is 2.86. The number of aromatic amines is 1. The van der Waals surface area contributed by atoms with E-state index in [-0.39, 0.29) is 6.04 Å². The molecule has 2 heterocycles. The quantitative estimate of drug-likeness (QED) is 0.830. The van der Waals surface area contributed by atoms with Gasteiger partial charge in [-0.25, -0.2) is 4.98 Å². The topological polar surface area (TPSA) is 85.4 Å². The number of nitrogens with two attached hydrogens (primary N) is 1. The SMILES string of the molecule is Cc1nnc([C@H](N)Cc2cnc[nH]2)n1C(C)C. The van der Waals surface area contributed by atoms with Crippen LogP contribution in [0, 0.1) is 6.92 Å². The van der Waals surface area contributed by atoms with Crippen LogP contribution in [0.3, 0.4) is 0 Å². The van der Waals surface area contributed by atoms with Crippen molar-refractivity contribution in [1.82, 2.24) is 24.7 Å². The van der Waals surface area contributed by atoms with Crippen LogP contribution in [-0.4, -0.2) is 24.7 Å². The summed E-state index contributed by atoms with van der Waals surface area (Å²) >= 11 is 0. The Morgan fingerprint density at radius 2 is 2.18 bits per heavy atom. The van der Waals surface area contributed by atoms with Crippen molar-refractivity contribution in [3.8, 4) is 0 Å². The van der Waals surface area contributed by atoms with Crippen molar-refractivity contribution >= 4 is 0 Å². The fourth-order valence-electron chi connectivity index (χ4n) is 2.00. The van der Waals surface area contributed by atoms with Crippen LogP contribution in [0.2, 0.25) is 0 Å². The third kappa shape index (κ3) is 2.36. The van der Waals surface area contributed by atoms with Crippen molar-refractivity contribution in [3.05, 3.63) is 29.9 Å². The molecule has 0 fully saturated rings. The van der Waals surface area contributed by atoms with Crippen molar-refractivity contribution in [3.63, 3.8) is 0 Å². The molecule has 6 nitrogen and oxygen atoms in total. The first kappa shape index (κ1) is 11.8. The second kappa shape index (κ2) is 4.67. The molecule has 0 spiro atoms. The van der Waals surface area contributed by atoms with Crippen LogP contribution in [-0.2, 0) is 6.42 Å². The maximum Gasteiger partial charge on any atom is 0.150 e. The number of aromatic nitrogens is 5. The van der Waals surface area contributed by atoms with E-state index in [1.165, 1.54) is 0 Å². The summed E-state index contributed by atoms with van der Waals surface area (Å²) in [5, 5.41) is 8.27. The summed E-state index contributed by atoms with van der Waals surface area (Å²) in [5.41, 5.74) is 7.17. The minimum absolute atomic E-state index is 0.168. The molecule has 0 radical (unpaired) electrons. The average molecular weight is 234 g/mol. The van der Waals surface area contributed by atoms with Crippen molar-refractivity contribution in [1.29, 1.82) is 0 Å². The van der Waals surface area contributed by atoms with Crippen LogP contribution in [0.4, 0.5) is 0 Å². The highest BCUT2D eigenvalue weighted by molar-refractivity contribution is 5.06. The largest absolute Gasteiger partial charge is 0.348 e. The fourth-order valence-corrected chi connectivity index (χ4v) is 2.00. The molecule has 2 aromatic rings. The van der Waals surface area contributed by atoms with Crippen molar-refractivity contribution < 1.29 is 0 Å². The van der Waals surface area contributed by atoms with Crippen molar-refractivity contribution in [2.75, 3.05) is 0 Å². The van der Waals surface area contributed by atoms with Gasteiger partial charge in [0, 0.05) is 24.4 Å². The zero-order valence-electron chi connectivity index (χ0n) is 10.4. The third-order valence-corrected chi connectivity index (χ3v) is 2.74. The number of aryl methyl sites for hydroxylation is 1. The van der Waals surface area contributed by atoms with Gasteiger partial charge in [0.25, 0.3) is 0 Å².